The van der Waals surface area contributed by atoms with Crippen molar-refractivity contribution < 1.29 is 0 Å². The van der Waals surface area contributed by atoms with Crippen LogP contribution in [0, 0.1) is 0 Å². The average Bonchev–Trinajstić information content (AvgIpc) is 2.63. The monoisotopic (exact) mass is 296 g/mol. The van der Waals surface area contributed by atoms with E-state index in [1.165, 1.54) is 27.8 Å². The van der Waals surface area contributed by atoms with Gasteiger partial charge in [-0.05, 0) is 34.8 Å². The van der Waals surface area contributed by atoms with Crippen molar-refractivity contribution in [1.29, 1.82) is 0 Å². The predicted octanol–water partition coefficient (Wildman–Crippen LogP) is 6.22. The van der Waals surface area contributed by atoms with Gasteiger partial charge in [0.2, 0.25) is 0 Å². The molecule has 0 fully saturated rings. The van der Waals surface area contributed by atoms with Crippen LogP contribution in [-0.2, 0) is 0 Å². The fraction of sp³-hybridized carbons (Fsp3) is 0.0435. The highest BCUT2D eigenvalue weighted by atomic mass is 14.1. The van der Waals surface area contributed by atoms with Gasteiger partial charge in [0.25, 0.3) is 0 Å². The van der Waals surface area contributed by atoms with Crippen LogP contribution in [-0.4, -0.2) is 0 Å². The lowest BCUT2D eigenvalue weighted by Gasteiger charge is -2.11. The first-order valence-electron chi connectivity index (χ1n) is 7.89. The summed E-state index contributed by atoms with van der Waals surface area (Å²) < 4.78 is 0. The molecule has 0 saturated heterocycles. The average molecular weight is 296 g/mol. The van der Waals surface area contributed by atoms with Crippen LogP contribution in [0.1, 0.15) is 23.6 Å². The molecule has 0 nitrogen and oxygen atoms in total. The van der Waals surface area contributed by atoms with Gasteiger partial charge in [0.05, 0.1) is 0 Å². The van der Waals surface area contributed by atoms with E-state index in [0.29, 0.717) is 0 Å². The standard InChI is InChI=1S/C23H20/c1-19(17-18-20-11-5-2-6-12-20)23(21-13-7-3-8-14-21)22-15-9-4-10-16-22/h2-18H,1H3. The second-order valence-electron chi connectivity index (χ2n) is 5.53. The Balaban J connectivity index is 2.05. The molecule has 0 radical (unpaired) electrons. The van der Waals surface area contributed by atoms with Crippen LogP contribution in [0.4, 0.5) is 0 Å². The van der Waals surface area contributed by atoms with E-state index in [1.54, 1.807) is 0 Å². The first-order valence-corrected chi connectivity index (χ1v) is 7.89. The summed E-state index contributed by atoms with van der Waals surface area (Å²) in [5, 5.41) is 0. The summed E-state index contributed by atoms with van der Waals surface area (Å²) in [7, 11) is 0. The minimum absolute atomic E-state index is 1.22. The maximum atomic E-state index is 2.20. The highest BCUT2D eigenvalue weighted by molar-refractivity contribution is 5.84. The molecule has 0 aromatic heterocycles. The van der Waals surface area contributed by atoms with Gasteiger partial charge in [0.15, 0.2) is 0 Å². The van der Waals surface area contributed by atoms with Crippen LogP contribution in [0.15, 0.2) is 103 Å². The van der Waals surface area contributed by atoms with Gasteiger partial charge in [-0.2, -0.15) is 0 Å². The first kappa shape index (κ1) is 15.1. The molecule has 0 aliphatic heterocycles. The topological polar surface area (TPSA) is 0 Å². The van der Waals surface area contributed by atoms with E-state index in [-0.39, 0.29) is 0 Å². The summed E-state index contributed by atoms with van der Waals surface area (Å²) >= 11 is 0. The lowest BCUT2D eigenvalue weighted by molar-refractivity contribution is 1.46. The lowest BCUT2D eigenvalue weighted by atomic mass is 9.93. The molecule has 0 aliphatic rings. The molecule has 112 valence electrons. The molecule has 0 heteroatoms. The van der Waals surface area contributed by atoms with Crippen molar-refractivity contribution >= 4 is 11.6 Å². The van der Waals surface area contributed by atoms with Crippen LogP contribution >= 0.6 is 0 Å². The molecule has 0 spiro atoms. The Kier molecular flexibility index (Phi) is 4.85. The Hall–Kier alpha value is -2.86. The fourth-order valence-electron chi connectivity index (χ4n) is 2.70. The molecule has 0 amide bonds. The Morgan fingerprint density at radius 3 is 1.52 bits per heavy atom. The third-order valence-electron chi connectivity index (χ3n) is 3.84. The van der Waals surface area contributed by atoms with E-state index in [9.17, 15) is 0 Å². The van der Waals surface area contributed by atoms with E-state index < -0.39 is 0 Å². The minimum Gasteiger partial charge on any atom is -0.0622 e. The van der Waals surface area contributed by atoms with Crippen molar-refractivity contribution in [3.8, 4) is 0 Å². The van der Waals surface area contributed by atoms with E-state index in [1.807, 2.05) is 6.07 Å². The molecular formula is C23H20. The summed E-state index contributed by atoms with van der Waals surface area (Å²) in [6, 6.07) is 31.6. The lowest BCUT2D eigenvalue weighted by Crippen LogP contribution is -1.90. The normalized spacial score (nSPS) is 10.7. The van der Waals surface area contributed by atoms with Crippen LogP contribution in [0.5, 0.6) is 0 Å². The molecule has 3 aromatic carbocycles. The van der Waals surface area contributed by atoms with Gasteiger partial charge in [0.1, 0.15) is 0 Å². The van der Waals surface area contributed by atoms with Crippen molar-refractivity contribution in [2.45, 2.75) is 6.92 Å². The van der Waals surface area contributed by atoms with Crippen molar-refractivity contribution in [2.75, 3.05) is 0 Å². The zero-order chi connectivity index (χ0) is 15.9. The molecule has 0 heterocycles. The van der Waals surface area contributed by atoms with Crippen LogP contribution in [0.3, 0.4) is 0 Å². The highest BCUT2D eigenvalue weighted by Gasteiger charge is 2.06. The zero-order valence-electron chi connectivity index (χ0n) is 13.3. The van der Waals surface area contributed by atoms with Crippen LogP contribution < -0.4 is 0 Å². The predicted molar refractivity (Wildman–Crippen MR) is 100 cm³/mol. The molecule has 3 rings (SSSR count). The molecule has 0 bridgehead atoms. The van der Waals surface area contributed by atoms with Crippen molar-refractivity contribution in [3.63, 3.8) is 0 Å². The third-order valence-corrected chi connectivity index (χ3v) is 3.84. The third kappa shape index (κ3) is 3.87. The molecule has 0 saturated carbocycles. The first-order chi connectivity index (χ1) is 11.3. The number of benzene rings is 3. The van der Waals surface area contributed by atoms with Crippen molar-refractivity contribution in [1.82, 2.24) is 0 Å². The Morgan fingerprint density at radius 1 is 0.609 bits per heavy atom. The summed E-state index contributed by atoms with van der Waals surface area (Å²) in [6.45, 7) is 2.18. The molecule has 3 aromatic rings. The van der Waals surface area contributed by atoms with Crippen molar-refractivity contribution in [3.05, 3.63) is 119 Å². The van der Waals surface area contributed by atoms with E-state index in [4.69, 9.17) is 0 Å². The largest absolute Gasteiger partial charge is 0.0622 e. The minimum atomic E-state index is 1.22. The van der Waals surface area contributed by atoms with Gasteiger partial charge >= 0.3 is 0 Å². The molecule has 0 aliphatic carbocycles. The van der Waals surface area contributed by atoms with E-state index in [0.717, 1.165) is 0 Å². The van der Waals surface area contributed by atoms with Gasteiger partial charge in [-0.15, -0.1) is 0 Å². The second-order valence-corrected chi connectivity index (χ2v) is 5.53. The Bertz CT molecular complexity index is 753. The molecule has 23 heavy (non-hydrogen) atoms. The zero-order valence-corrected chi connectivity index (χ0v) is 13.3. The van der Waals surface area contributed by atoms with E-state index in [2.05, 4.69) is 104 Å². The van der Waals surface area contributed by atoms with Crippen LogP contribution in [0.2, 0.25) is 0 Å². The second kappa shape index (κ2) is 7.42. The summed E-state index contributed by atoms with van der Waals surface area (Å²) in [5.41, 5.74) is 6.24. The Labute approximate surface area is 138 Å². The summed E-state index contributed by atoms with van der Waals surface area (Å²) in [5.74, 6) is 0. The highest BCUT2D eigenvalue weighted by Crippen LogP contribution is 2.27. The number of allylic oxidation sites excluding steroid dienone is 2. The van der Waals surface area contributed by atoms with Gasteiger partial charge in [-0.1, -0.05) is 103 Å². The van der Waals surface area contributed by atoms with Gasteiger partial charge < -0.3 is 0 Å². The van der Waals surface area contributed by atoms with E-state index >= 15 is 0 Å². The fourth-order valence-corrected chi connectivity index (χ4v) is 2.70. The molecular weight excluding hydrogens is 276 g/mol. The molecule has 0 atom stereocenters. The number of rotatable bonds is 4. The number of hydrogen-bond acceptors (Lipinski definition) is 0. The smallest absolute Gasteiger partial charge is 0.00821 e. The maximum Gasteiger partial charge on any atom is -0.00821 e. The molecule has 0 unspecified atom stereocenters. The number of hydrogen-bond donors (Lipinski definition) is 0. The SMILES string of the molecule is CC(C=Cc1ccccc1)=C(c1ccccc1)c1ccccc1. The van der Waals surface area contributed by atoms with Gasteiger partial charge in [-0.3, -0.25) is 0 Å². The van der Waals surface area contributed by atoms with Gasteiger partial charge in [-0.25, -0.2) is 0 Å². The maximum absolute atomic E-state index is 2.20. The van der Waals surface area contributed by atoms with Gasteiger partial charge in [0, 0.05) is 0 Å². The van der Waals surface area contributed by atoms with Crippen LogP contribution in [0.25, 0.3) is 11.6 Å². The summed E-state index contributed by atoms with van der Waals surface area (Å²) in [6.07, 6.45) is 4.37. The Morgan fingerprint density at radius 2 is 1.04 bits per heavy atom. The quantitative estimate of drug-likeness (QED) is 0.501. The van der Waals surface area contributed by atoms with Crippen molar-refractivity contribution in [2.24, 2.45) is 0 Å². The molecule has 0 N–H and O–H groups in total. The summed E-state index contributed by atoms with van der Waals surface area (Å²) in [4.78, 5) is 0.